The van der Waals surface area contributed by atoms with Crippen LogP contribution in [-0.4, -0.2) is 83.7 Å². The number of hydrogen-bond acceptors (Lipinski definition) is 10. The molecule has 1 aliphatic heterocycles. The van der Waals surface area contributed by atoms with Crippen LogP contribution in [0.5, 0.6) is 5.75 Å². The average Bonchev–Trinajstić information content (AvgIpc) is 3.17. The second-order valence-corrected chi connectivity index (χ2v) is 6.45. The summed E-state index contributed by atoms with van der Waals surface area (Å²) in [6, 6.07) is 6.13. The first-order chi connectivity index (χ1) is 13.9. The lowest BCUT2D eigenvalue weighted by Gasteiger charge is -2.39. The fourth-order valence-electron chi connectivity index (χ4n) is 2.75. The number of aromatic nitrogens is 3. The predicted molar refractivity (Wildman–Crippen MR) is 95.4 cm³/mol. The van der Waals surface area contributed by atoms with Gasteiger partial charge in [0.05, 0.1) is 19.4 Å². The van der Waals surface area contributed by atoms with E-state index < -0.39 is 37.3 Å². The van der Waals surface area contributed by atoms with Gasteiger partial charge in [-0.25, -0.2) is 4.68 Å². The quantitative estimate of drug-likeness (QED) is 0.288. The molecule has 0 spiro atoms. The molecular formula is C17H22N4O8. The van der Waals surface area contributed by atoms with E-state index in [1.165, 1.54) is 23.0 Å². The molecule has 0 bridgehead atoms. The third kappa shape index (κ3) is 5.06. The minimum atomic E-state index is -1.53. The maximum absolute atomic E-state index is 12.0. The number of benzene rings is 1. The summed E-state index contributed by atoms with van der Waals surface area (Å²) in [5.41, 5.74) is 0.825. The van der Waals surface area contributed by atoms with Crippen molar-refractivity contribution in [2.45, 2.75) is 43.9 Å². The Labute approximate surface area is 164 Å². The van der Waals surface area contributed by atoms with Crippen LogP contribution in [0.1, 0.15) is 5.69 Å². The molecule has 0 aliphatic carbocycles. The summed E-state index contributed by atoms with van der Waals surface area (Å²) in [5, 5.41) is 57.7. The van der Waals surface area contributed by atoms with Crippen molar-refractivity contribution in [2.24, 2.45) is 0 Å². The van der Waals surface area contributed by atoms with Crippen LogP contribution in [0.3, 0.4) is 0 Å². The van der Waals surface area contributed by atoms with Gasteiger partial charge in [-0.15, -0.1) is 5.10 Å². The van der Waals surface area contributed by atoms with Crippen molar-refractivity contribution in [3.05, 3.63) is 36.2 Å². The summed E-state index contributed by atoms with van der Waals surface area (Å²) >= 11 is 0. The molecule has 5 atom stereocenters. The molecule has 6 N–H and O–H groups in total. The molecule has 0 saturated carbocycles. The number of anilines is 1. The van der Waals surface area contributed by atoms with Crippen LogP contribution in [0.25, 0.3) is 0 Å². The molecule has 1 amide bonds. The summed E-state index contributed by atoms with van der Waals surface area (Å²) in [6.07, 6.45) is -5.42. The SMILES string of the molecule is O=C(Cn1cc(CO)nn1)Nc1ccc(O[C@@H]2O[C@H](CO)[C@H](O)[C@H](O)[C@H]2O)cc1. The summed E-state index contributed by atoms with van der Waals surface area (Å²) in [7, 11) is 0. The molecule has 1 saturated heterocycles. The lowest BCUT2D eigenvalue weighted by Crippen LogP contribution is -2.60. The third-order valence-corrected chi connectivity index (χ3v) is 4.29. The number of aliphatic hydroxyl groups is 5. The third-order valence-electron chi connectivity index (χ3n) is 4.29. The smallest absolute Gasteiger partial charge is 0.246 e. The Morgan fingerprint density at radius 3 is 2.48 bits per heavy atom. The van der Waals surface area contributed by atoms with E-state index in [0.717, 1.165) is 0 Å². The van der Waals surface area contributed by atoms with Crippen LogP contribution < -0.4 is 10.1 Å². The van der Waals surface area contributed by atoms with E-state index in [0.29, 0.717) is 11.4 Å². The highest BCUT2D eigenvalue weighted by Gasteiger charge is 2.44. The summed E-state index contributed by atoms with van der Waals surface area (Å²) in [5.74, 6) is -0.0850. The molecule has 2 heterocycles. The van der Waals surface area contributed by atoms with Crippen LogP contribution in [-0.2, 0) is 22.7 Å². The molecule has 0 unspecified atom stereocenters. The van der Waals surface area contributed by atoms with Crippen molar-refractivity contribution >= 4 is 11.6 Å². The molecular weight excluding hydrogens is 388 g/mol. The number of hydrogen-bond donors (Lipinski definition) is 6. The van der Waals surface area contributed by atoms with Gasteiger partial charge in [0, 0.05) is 5.69 Å². The van der Waals surface area contributed by atoms with Gasteiger partial charge in [-0.1, -0.05) is 5.21 Å². The average molecular weight is 410 g/mol. The maximum atomic E-state index is 12.0. The van der Waals surface area contributed by atoms with Gasteiger partial charge in [0.1, 0.15) is 42.4 Å². The van der Waals surface area contributed by atoms with E-state index in [1.807, 2.05) is 0 Å². The summed E-state index contributed by atoms with van der Waals surface area (Å²) in [4.78, 5) is 12.0. The van der Waals surface area contributed by atoms with Gasteiger partial charge in [0.2, 0.25) is 12.2 Å². The molecule has 12 heteroatoms. The Kier molecular flexibility index (Phi) is 6.74. The molecule has 1 aliphatic rings. The predicted octanol–water partition coefficient (Wildman–Crippen LogP) is -2.41. The van der Waals surface area contributed by atoms with Crippen LogP contribution in [0.2, 0.25) is 0 Å². The number of aliphatic hydroxyl groups excluding tert-OH is 5. The zero-order valence-electron chi connectivity index (χ0n) is 15.2. The Bertz CT molecular complexity index is 812. The number of nitrogens with one attached hydrogen (secondary N) is 1. The normalized spacial score (nSPS) is 26.9. The molecule has 3 rings (SSSR count). The number of ether oxygens (including phenoxy) is 2. The Morgan fingerprint density at radius 2 is 1.86 bits per heavy atom. The molecule has 1 aromatic carbocycles. The molecule has 12 nitrogen and oxygen atoms in total. The second kappa shape index (κ2) is 9.26. The monoisotopic (exact) mass is 410 g/mol. The molecule has 0 radical (unpaired) electrons. The summed E-state index contributed by atoms with van der Waals surface area (Å²) in [6.45, 7) is -0.908. The van der Waals surface area contributed by atoms with Gasteiger partial charge < -0.3 is 40.3 Å². The second-order valence-electron chi connectivity index (χ2n) is 6.45. The summed E-state index contributed by atoms with van der Waals surface area (Å²) < 4.78 is 12.0. The van der Waals surface area contributed by atoms with Crippen LogP contribution in [0, 0.1) is 0 Å². The lowest BCUT2D eigenvalue weighted by molar-refractivity contribution is -0.277. The maximum Gasteiger partial charge on any atom is 0.246 e. The van der Waals surface area contributed by atoms with Gasteiger partial charge in [0.25, 0.3) is 0 Å². The highest BCUT2D eigenvalue weighted by molar-refractivity contribution is 5.90. The van der Waals surface area contributed by atoms with E-state index in [1.54, 1.807) is 12.1 Å². The van der Waals surface area contributed by atoms with Crippen molar-refractivity contribution in [1.29, 1.82) is 0 Å². The molecule has 2 aromatic rings. The molecule has 29 heavy (non-hydrogen) atoms. The zero-order valence-corrected chi connectivity index (χ0v) is 15.2. The van der Waals surface area contributed by atoms with Gasteiger partial charge in [-0.05, 0) is 24.3 Å². The van der Waals surface area contributed by atoms with Crippen molar-refractivity contribution in [3.8, 4) is 5.75 Å². The highest BCUT2D eigenvalue weighted by atomic mass is 16.7. The van der Waals surface area contributed by atoms with Crippen LogP contribution >= 0.6 is 0 Å². The first-order valence-electron chi connectivity index (χ1n) is 8.78. The Balaban J connectivity index is 1.56. The molecule has 1 fully saturated rings. The Morgan fingerprint density at radius 1 is 1.14 bits per heavy atom. The number of carbonyl (C=O) groups excluding carboxylic acids is 1. The van der Waals surface area contributed by atoms with E-state index in [9.17, 15) is 25.2 Å². The lowest BCUT2D eigenvalue weighted by atomic mass is 9.99. The van der Waals surface area contributed by atoms with Gasteiger partial charge in [-0.3, -0.25) is 4.79 Å². The van der Waals surface area contributed by atoms with Crippen molar-refractivity contribution < 1.29 is 39.8 Å². The van der Waals surface area contributed by atoms with Gasteiger partial charge in [-0.2, -0.15) is 0 Å². The molecule has 1 aromatic heterocycles. The largest absolute Gasteiger partial charge is 0.462 e. The van der Waals surface area contributed by atoms with Crippen molar-refractivity contribution in [2.75, 3.05) is 11.9 Å². The minimum absolute atomic E-state index is 0.0872. The topological polar surface area (TPSA) is 179 Å². The number of rotatable bonds is 7. The van der Waals surface area contributed by atoms with Crippen LogP contribution in [0.4, 0.5) is 5.69 Å². The number of carbonyl (C=O) groups is 1. The van der Waals surface area contributed by atoms with E-state index in [2.05, 4.69) is 15.6 Å². The minimum Gasteiger partial charge on any atom is -0.462 e. The Hall–Kier alpha value is -2.61. The van der Waals surface area contributed by atoms with Crippen molar-refractivity contribution in [1.82, 2.24) is 15.0 Å². The van der Waals surface area contributed by atoms with Gasteiger partial charge in [0.15, 0.2) is 0 Å². The van der Waals surface area contributed by atoms with E-state index in [4.69, 9.17) is 14.6 Å². The zero-order chi connectivity index (χ0) is 21.0. The highest BCUT2D eigenvalue weighted by Crippen LogP contribution is 2.25. The number of amides is 1. The van der Waals surface area contributed by atoms with E-state index in [-0.39, 0.29) is 24.8 Å². The first-order valence-corrected chi connectivity index (χ1v) is 8.78. The number of nitrogens with zero attached hydrogens (tertiary/aromatic N) is 3. The van der Waals surface area contributed by atoms with Crippen molar-refractivity contribution in [3.63, 3.8) is 0 Å². The van der Waals surface area contributed by atoms with E-state index >= 15 is 0 Å². The molecule has 158 valence electrons. The first kappa shape index (κ1) is 21.1. The fourth-order valence-corrected chi connectivity index (χ4v) is 2.75. The van der Waals surface area contributed by atoms with Crippen LogP contribution in [0.15, 0.2) is 30.5 Å². The van der Waals surface area contributed by atoms with Gasteiger partial charge >= 0.3 is 0 Å². The fraction of sp³-hybridized carbons (Fsp3) is 0.471. The standard InChI is InChI=1S/C17H22N4O8/c22-7-10-5-21(20-19-10)6-13(24)18-9-1-3-11(4-2-9)28-17-16(27)15(26)14(25)12(8-23)29-17/h1-5,12,14-17,22-23,25-27H,6-8H2,(H,18,24)/t12-,14+,15+,16-,17-/m1/s1.